The number of aryl methyl sites for hydroxylation is 1. The van der Waals surface area contributed by atoms with Gasteiger partial charge in [-0.05, 0) is 63.8 Å². The van der Waals surface area contributed by atoms with E-state index in [4.69, 9.17) is 0 Å². The zero-order valence-corrected chi connectivity index (χ0v) is 15.0. The molecule has 0 heterocycles. The second kappa shape index (κ2) is 6.59. The van der Waals surface area contributed by atoms with Crippen LogP contribution in [0.4, 0.5) is 0 Å². The van der Waals surface area contributed by atoms with Gasteiger partial charge in [-0.1, -0.05) is 81.6 Å². The highest BCUT2D eigenvalue weighted by Crippen LogP contribution is 2.43. The van der Waals surface area contributed by atoms with E-state index in [2.05, 4.69) is 62.4 Å². The van der Waals surface area contributed by atoms with E-state index in [0.717, 1.165) is 11.8 Å². The van der Waals surface area contributed by atoms with Gasteiger partial charge in [0.15, 0.2) is 0 Å². The number of hydrogen-bond donors (Lipinski definition) is 0. The molecule has 4 rings (SSSR count). The molecule has 0 heteroatoms. The van der Waals surface area contributed by atoms with Crippen LogP contribution in [-0.4, -0.2) is 0 Å². The summed E-state index contributed by atoms with van der Waals surface area (Å²) >= 11 is 0. The monoisotopic (exact) mass is 316 g/mol. The van der Waals surface area contributed by atoms with E-state index in [9.17, 15) is 0 Å². The first kappa shape index (κ1) is 15.7. The van der Waals surface area contributed by atoms with Crippen LogP contribution in [0.1, 0.15) is 63.0 Å². The van der Waals surface area contributed by atoms with Crippen molar-refractivity contribution in [3.05, 3.63) is 59.7 Å². The first-order chi connectivity index (χ1) is 11.8. The van der Waals surface area contributed by atoms with Crippen LogP contribution >= 0.6 is 0 Å². The molecule has 0 aromatic heterocycles. The molecule has 0 nitrogen and oxygen atoms in total. The molecule has 0 spiro atoms. The Bertz CT molecular complexity index is 858. The van der Waals surface area contributed by atoms with Crippen molar-refractivity contribution in [3.8, 4) is 0 Å². The van der Waals surface area contributed by atoms with Crippen molar-refractivity contribution >= 4 is 21.5 Å². The zero-order chi connectivity index (χ0) is 16.5. The van der Waals surface area contributed by atoms with Crippen LogP contribution in [-0.2, 0) is 6.42 Å². The van der Waals surface area contributed by atoms with Gasteiger partial charge in [-0.2, -0.15) is 0 Å². The van der Waals surface area contributed by atoms with E-state index in [1.807, 2.05) is 0 Å². The quantitative estimate of drug-likeness (QED) is 0.351. The standard InChI is InChI=1S/C24H28/c1-3-4-5-9-19-17(2)11-13-23-21(19)15-16-22-20-10-7-6-8-18(20)12-14-24(22)23/h6-8,10,12,14-17,19H,3-5,9,11,13H2,1-2H3. The van der Waals surface area contributed by atoms with Crippen molar-refractivity contribution in [2.45, 2.75) is 58.3 Å². The van der Waals surface area contributed by atoms with Gasteiger partial charge in [0.25, 0.3) is 0 Å². The molecule has 2 atom stereocenters. The zero-order valence-electron chi connectivity index (χ0n) is 15.0. The minimum absolute atomic E-state index is 0.760. The molecule has 3 aromatic carbocycles. The summed E-state index contributed by atoms with van der Waals surface area (Å²) < 4.78 is 0. The molecule has 0 N–H and O–H groups in total. The summed E-state index contributed by atoms with van der Waals surface area (Å²) in [6.07, 6.45) is 8.02. The minimum Gasteiger partial charge on any atom is -0.0654 e. The Balaban J connectivity index is 1.83. The fraction of sp³-hybridized carbons (Fsp3) is 0.417. The van der Waals surface area contributed by atoms with Gasteiger partial charge in [0.1, 0.15) is 0 Å². The highest BCUT2D eigenvalue weighted by molar-refractivity contribution is 6.08. The van der Waals surface area contributed by atoms with E-state index in [0.29, 0.717) is 0 Å². The fourth-order valence-electron chi connectivity index (χ4n) is 4.73. The van der Waals surface area contributed by atoms with Crippen LogP contribution in [0.25, 0.3) is 21.5 Å². The Kier molecular flexibility index (Phi) is 4.31. The summed E-state index contributed by atoms with van der Waals surface area (Å²) in [6.45, 7) is 4.76. The lowest BCUT2D eigenvalue weighted by Gasteiger charge is -2.32. The predicted octanol–water partition coefficient (Wildman–Crippen LogP) is 7.24. The van der Waals surface area contributed by atoms with E-state index < -0.39 is 0 Å². The third kappa shape index (κ3) is 2.62. The van der Waals surface area contributed by atoms with Gasteiger partial charge < -0.3 is 0 Å². The molecule has 0 amide bonds. The lowest BCUT2D eigenvalue weighted by Crippen LogP contribution is -2.18. The predicted molar refractivity (Wildman–Crippen MR) is 106 cm³/mol. The molecule has 0 aliphatic heterocycles. The third-order valence-corrected chi connectivity index (χ3v) is 6.13. The lowest BCUT2D eigenvalue weighted by molar-refractivity contribution is 0.374. The van der Waals surface area contributed by atoms with Gasteiger partial charge in [-0.3, -0.25) is 0 Å². The van der Waals surface area contributed by atoms with Gasteiger partial charge in [0.05, 0.1) is 0 Å². The molecule has 1 aliphatic carbocycles. The molecule has 24 heavy (non-hydrogen) atoms. The molecule has 0 bridgehead atoms. The molecular formula is C24H28. The third-order valence-electron chi connectivity index (χ3n) is 6.13. The molecule has 124 valence electrons. The molecule has 3 aromatic rings. The van der Waals surface area contributed by atoms with Crippen molar-refractivity contribution in [2.24, 2.45) is 5.92 Å². The Morgan fingerprint density at radius 2 is 1.71 bits per heavy atom. The van der Waals surface area contributed by atoms with Gasteiger partial charge >= 0.3 is 0 Å². The van der Waals surface area contributed by atoms with Gasteiger partial charge in [0, 0.05) is 0 Å². The second-order valence-corrected chi connectivity index (χ2v) is 7.63. The highest BCUT2D eigenvalue weighted by atomic mass is 14.3. The average molecular weight is 316 g/mol. The van der Waals surface area contributed by atoms with E-state index in [-0.39, 0.29) is 0 Å². The summed E-state index contributed by atoms with van der Waals surface area (Å²) in [5.74, 6) is 1.59. The number of fused-ring (bicyclic) bond motifs is 5. The van der Waals surface area contributed by atoms with Crippen LogP contribution in [0.3, 0.4) is 0 Å². The van der Waals surface area contributed by atoms with Crippen molar-refractivity contribution in [2.75, 3.05) is 0 Å². The highest BCUT2D eigenvalue weighted by Gasteiger charge is 2.27. The van der Waals surface area contributed by atoms with Crippen LogP contribution in [0.5, 0.6) is 0 Å². The first-order valence-electron chi connectivity index (χ1n) is 9.73. The summed E-state index contributed by atoms with van der Waals surface area (Å²) in [4.78, 5) is 0. The topological polar surface area (TPSA) is 0 Å². The summed E-state index contributed by atoms with van der Waals surface area (Å²) in [7, 11) is 0. The van der Waals surface area contributed by atoms with Crippen LogP contribution < -0.4 is 0 Å². The summed E-state index contributed by atoms with van der Waals surface area (Å²) in [5.41, 5.74) is 3.28. The van der Waals surface area contributed by atoms with E-state index in [1.54, 1.807) is 11.1 Å². The second-order valence-electron chi connectivity index (χ2n) is 7.63. The van der Waals surface area contributed by atoms with Gasteiger partial charge in [-0.25, -0.2) is 0 Å². The number of unbranched alkanes of at least 4 members (excludes halogenated alkanes) is 2. The van der Waals surface area contributed by atoms with Gasteiger partial charge in [-0.15, -0.1) is 0 Å². The van der Waals surface area contributed by atoms with E-state index >= 15 is 0 Å². The minimum atomic E-state index is 0.760. The molecule has 0 saturated carbocycles. The Labute approximate surface area is 145 Å². The maximum atomic E-state index is 2.46. The van der Waals surface area contributed by atoms with Crippen LogP contribution in [0.2, 0.25) is 0 Å². The normalized spacial score (nSPS) is 20.4. The Morgan fingerprint density at radius 1 is 0.875 bits per heavy atom. The van der Waals surface area contributed by atoms with E-state index in [1.165, 1.54) is 60.1 Å². The first-order valence-corrected chi connectivity index (χ1v) is 9.73. The Hall–Kier alpha value is -1.82. The SMILES string of the molecule is CCCCCC1c2ccc3c(ccc4ccccc43)c2CCC1C. The summed E-state index contributed by atoms with van der Waals surface area (Å²) in [5, 5.41) is 5.69. The van der Waals surface area contributed by atoms with Crippen LogP contribution in [0.15, 0.2) is 48.5 Å². The molecule has 2 unspecified atom stereocenters. The van der Waals surface area contributed by atoms with Crippen LogP contribution in [0, 0.1) is 5.92 Å². The Morgan fingerprint density at radius 3 is 2.58 bits per heavy atom. The number of hydrogen-bond acceptors (Lipinski definition) is 0. The lowest BCUT2D eigenvalue weighted by atomic mass is 9.72. The number of benzene rings is 3. The summed E-state index contributed by atoms with van der Waals surface area (Å²) in [6, 6.07) is 18.3. The molecule has 0 radical (unpaired) electrons. The fourth-order valence-corrected chi connectivity index (χ4v) is 4.73. The maximum absolute atomic E-state index is 2.46. The van der Waals surface area contributed by atoms with Crippen molar-refractivity contribution in [1.29, 1.82) is 0 Å². The maximum Gasteiger partial charge on any atom is -0.0102 e. The van der Waals surface area contributed by atoms with Crippen molar-refractivity contribution in [3.63, 3.8) is 0 Å². The molecular weight excluding hydrogens is 288 g/mol. The van der Waals surface area contributed by atoms with Gasteiger partial charge in [0.2, 0.25) is 0 Å². The van der Waals surface area contributed by atoms with Crippen molar-refractivity contribution in [1.82, 2.24) is 0 Å². The average Bonchev–Trinajstić information content (AvgIpc) is 2.63. The van der Waals surface area contributed by atoms with Crippen molar-refractivity contribution < 1.29 is 0 Å². The number of rotatable bonds is 4. The molecule has 0 saturated heterocycles. The molecule has 0 fully saturated rings. The molecule has 1 aliphatic rings. The largest absolute Gasteiger partial charge is 0.0654 e. The smallest absolute Gasteiger partial charge is 0.0102 e.